The Kier molecular flexibility index (Phi) is 2.32. The van der Waals surface area contributed by atoms with E-state index >= 15 is 0 Å². The Morgan fingerprint density at radius 3 is 2.42 bits per heavy atom. The van der Waals surface area contributed by atoms with Gasteiger partial charge in [-0.2, -0.15) is 0 Å². The van der Waals surface area contributed by atoms with Crippen LogP contribution in [0.1, 0.15) is 19.8 Å². The molecule has 1 aliphatic rings. The maximum absolute atomic E-state index is 11.1. The fraction of sp³-hybridized carbons (Fsp3) is 0.714. The highest BCUT2D eigenvalue weighted by atomic mass is 16.5. The Labute approximate surface area is 70.5 Å². The van der Waals surface area contributed by atoms with Crippen LogP contribution in [0.2, 0.25) is 0 Å². The number of hydrogen-bond donors (Lipinski definition) is 1. The molecule has 1 saturated heterocycles. The summed E-state index contributed by atoms with van der Waals surface area (Å²) in [6, 6.07) is -1.12. The molecule has 1 atom stereocenters. The first-order chi connectivity index (χ1) is 5.59. The van der Waals surface area contributed by atoms with Gasteiger partial charge in [0, 0.05) is 7.05 Å². The molecule has 1 rings (SSSR count). The maximum atomic E-state index is 11.1. The molecule has 0 aromatic rings. The van der Waals surface area contributed by atoms with Gasteiger partial charge in [0.05, 0.1) is 0 Å². The number of likely N-dealkylation sites (N-methyl/N-ethyl adjacent to an activating group) is 1. The standard InChI is InChI=1S/C7H12N2O3/c1-3-4-5-6(10)9(12)7(11)8(5)2/h5,12H,3-4H2,1-2H3/t5-/m1/s1. The molecule has 1 aliphatic heterocycles. The average molecular weight is 172 g/mol. The molecule has 1 heterocycles. The van der Waals surface area contributed by atoms with Crippen molar-refractivity contribution < 1.29 is 14.8 Å². The molecule has 68 valence electrons. The van der Waals surface area contributed by atoms with Gasteiger partial charge in [0.25, 0.3) is 5.91 Å². The fourth-order valence-corrected chi connectivity index (χ4v) is 1.27. The van der Waals surface area contributed by atoms with E-state index in [1.165, 1.54) is 11.9 Å². The Bertz CT molecular complexity index is 217. The quantitative estimate of drug-likeness (QED) is 0.485. The highest BCUT2D eigenvalue weighted by molar-refractivity contribution is 6.02. The van der Waals surface area contributed by atoms with E-state index in [4.69, 9.17) is 5.21 Å². The molecule has 1 fully saturated rings. The highest BCUT2D eigenvalue weighted by Crippen LogP contribution is 2.17. The summed E-state index contributed by atoms with van der Waals surface area (Å²) >= 11 is 0. The predicted octanol–water partition coefficient (Wildman–Crippen LogP) is 0.438. The van der Waals surface area contributed by atoms with Crippen molar-refractivity contribution in [2.45, 2.75) is 25.8 Å². The number of nitrogens with zero attached hydrogens (tertiary/aromatic N) is 2. The number of hydroxylamine groups is 2. The Hall–Kier alpha value is -1.10. The number of carbonyl (C=O) groups excluding carboxylic acids is 2. The predicted molar refractivity (Wildman–Crippen MR) is 40.5 cm³/mol. The number of hydrogen-bond acceptors (Lipinski definition) is 3. The summed E-state index contributed by atoms with van der Waals surface area (Å²) in [5.74, 6) is -0.524. The largest absolute Gasteiger partial charge is 0.351 e. The molecule has 0 unspecified atom stereocenters. The lowest BCUT2D eigenvalue weighted by atomic mass is 10.1. The van der Waals surface area contributed by atoms with Crippen LogP contribution in [0, 0.1) is 0 Å². The summed E-state index contributed by atoms with van der Waals surface area (Å²) < 4.78 is 0. The monoisotopic (exact) mass is 172 g/mol. The summed E-state index contributed by atoms with van der Waals surface area (Å²) in [5.41, 5.74) is 0. The molecular formula is C7H12N2O3. The van der Waals surface area contributed by atoms with E-state index in [0.717, 1.165) is 6.42 Å². The van der Waals surface area contributed by atoms with E-state index in [1.54, 1.807) is 0 Å². The topological polar surface area (TPSA) is 60.9 Å². The second kappa shape index (κ2) is 3.10. The van der Waals surface area contributed by atoms with Crippen LogP contribution < -0.4 is 0 Å². The van der Waals surface area contributed by atoms with Crippen LogP contribution >= 0.6 is 0 Å². The molecule has 3 amide bonds. The van der Waals surface area contributed by atoms with Crippen molar-refractivity contribution in [3.63, 3.8) is 0 Å². The zero-order valence-electron chi connectivity index (χ0n) is 7.15. The minimum Gasteiger partial charge on any atom is -0.313 e. The molecule has 0 bridgehead atoms. The van der Waals surface area contributed by atoms with Crippen LogP contribution in [-0.4, -0.2) is 40.2 Å². The maximum Gasteiger partial charge on any atom is 0.351 e. The molecule has 0 spiro atoms. The molecule has 12 heavy (non-hydrogen) atoms. The first-order valence-corrected chi connectivity index (χ1v) is 3.89. The lowest BCUT2D eigenvalue weighted by Crippen LogP contribution is -2.30. The molecule has 0 aromatic carbocycles. The van der Waals surface area contributed by atoms with Crippen LogP contribution in [0.25, 0.3) is 0 Å². The second-order valence-electron chi connectivity index (χ2n) is 2.85. The van der Waals surface area contributed by atoms with Crippen molar-refractivity contribution in [1.29, 1.82) is 0 Å². The Morgan fingerprint density at radius 1 is 1.50 bits per heavy atom. The van der Waals surface area contributed by atoms with Crippen LogP contribution in [0.3, 0.4) is 0 Å². The molecule has 5 heteroatoms. The van der Waals surface area contributed by atoms with Crippen molar-refractivity contribution in [3.8, 4) is 0 Å². The molecule has 0 aliphatic carbocycles. The van der Waals surface area contributed by atoms with Crippen molar-refractivity contribution >= 4 is 11.9 Å². The molecular weight excluding hydrogens is 160 g/mol. The molecule has 1 N–H and O–H groups in total. The van der Waals surface area contributed by atoms with Gasteiger partial charge in [-0.1, -0.05) is 13.3 Å². The second-order valence-corrected chi connectivity index (χ2v) is 2.85. The number of rotatable bonds is 2. The van der Waals surface area contributed by atoms with E-state index < -0.39 is 18.0 Å². The van der Waals surface area contributed by atoms with E-state index in [-0.39, 0.29) is 5.06 Å². The third-order valence-corrected chi connectivity index (χ3v) is 2.01. The molecule has 0 radical (unpaired) electrons. The normalized spacial score (nSPS) is 24.1. The summed E-state index contributed by atoms with van der Waals surface area (Å²) in [4.78, 5) is 23.4. The summed E-state index contributed by atoms with van der Waals surface area (Å²) in [6.45, 7) is 1.92. The molecule has 0 aromatic heterocycles. The number of imide groups is 1. The van der Waals surface area contributed by atoms with Gasteiger partial charge < -0.3 is 4.90 Å². The number of carbonyl (C=O) groups is 2. The van der Waals surface area contributed by atoms with E-state index in [0.29, 0.717) is 6.42 Å². The minimum atomic E-state index is -0.640. The fourth-order valence-electron chi connectivity index (χ4n) is 1.27. The third-order valence-electron chi connectivity index (χ3n) is 2.01. The number of urea groups is 1. The van der Waals surface area contributed by atoms with Gasteiger partial charge in [0.2, 0.25) is 0 Å². The summed E-state index contributed by atoms with van der Waals surface area (Å²) in [6.07, 6.45) is 1.40. The van der Waals surface area contributed by atoms with Gasteiger partial charge in [-0.25, -0.2) is 4.79 Å². The zero-order chi connectivity index (χ0) is 9.30. The van der Waals surface area contributed by atoms with E-state index in [9.17, 15) is 9.59 Å². The van der Waals surface area contributed by atoms with Gasteiger partial charge in [-0.15, -0.1) is 5.06 Å². The molecule has 0 saturated carbocycles. The first kappa shape index (κ1) is 8.99. The molecule has 5 nitrogen and oxygen atoms in total. The number of amides is 3. The first-order valence-electron chi connectivity index (χ1n) is 3.89. The van der Waals surface area contributed by atoms with Crippen molar-refractivity contribution in [3.05, 3.63) is 0 Å². The van der Waals surface area contributed by atoms with Gasteiger partial charge in [-0.3, -0.25) is 10.0 Å². The zero-order valence-corrected chi connectivity index (χ0v) is 7.15. The minimum absolute atomic E-state index is 0.181. The smallest absolute Gasteiger partial charge is 0.313 e. The van der Waals surface area contributed by atoms with E-state index in [2.05, 4.69) is 0 Å². The van der Waals surface area contributed by atoms with Crippen LogP contribution in [0.15, 0.2) is 0 Å². The van der Waals surface area contributed by atoms with Crippen molar-refractivity contribution in [1.82, 2.24) is 9.96 Å². The lowest BCUT2D eigenvalue weighted by Gasteiger charge is -2.13. The summed E-state index contributed by atoms with van der Waals surface area (Å²) in [5, 5.41) is 9.11. The SMILES string of the molecule is CCC[C@@H]1C(=O)N(O)C(=O)N1C. The van der Waals surface area contributed by atoms with Crippen molar-refractivity contribution in [2.75, 3.05) is 7.05 Å². The summed E-state index contributed by atoms with van der Waals surface area (Å²) in [7, 11) is 1.51. The lowest BCUT2D eigenvalue weighted by molar-refractivity contribution is -0.149. The van der Waals surface area contributed by atoms with Gasteiger partial charge >= 0.3 is 6.03 Å². The van der Waals surface area contributed by atoms with Gasteiger partial charge in [0.1, 0.15) is 6.04 Å². The van der Waals surface area contributed by atoms with Crippen LogP contribution in [0.5, 0.6) is 0 Å². The van der Waals surface area contributed by atoms with Crippen LogP contribution in [0.4, 0.5) is 4.79 Å². The van der Waals surface area contributed by atoms with E-state index in [1.807, 2.05) is 6.92 Å². The van der Waals surface area contributed by atoms with Crippen LogP contribution in [-0.2, 0) is 4.79 Å². The highest BCUT2D eigenvalue weighted by Gasteiger charge is 2.41. The Morgan fingerprint density at radius 2 is 2.08 bits per heavy atom. The van der Waals surface area contributed by atoms with Crippen molar-refractivity contribution in [2.24, 2.45) is 0 Å². The average Bonchev–Trinajstić information content (AvgIpc) is 2.23. The van der Waals surface area contributed by atoms with Gasteiger partial charge in [0.15, 0.2) is 0 Å². The van der Waals surface area contributed by atoms with Gasteiger partial charge in [-0.05, 0) is 6.42 Å². The Balaban J connectivity index is 2.76. The third kappa shape index (κ3) is 1.16.